The standard InChI is InChI=1S/C11H18N2O4S/c1-17-8-9(6-7-14)13-10-4-2-3-5-11(10)18(12,15)16/h2-5,9,13-14H,6-8H2,1H3,(H2,12,15,16). The third-order valence-electron chi connectivity index (χ3n) is 2.40. The van der Waals surface area contributed by atoms with Crippen molar-refractivity contribution in [2.24, 2.45) is 5.14 Å². The third-order valence-corrected chi connectivity index (χ3v) is 3.37. The summed E-state index contributed by atoms with van der Waals surface area (Å²) in [5.74, 6) is 0. The Morgan fingerprint density at radius 1 is 1.44 bits per heavy atom. The summed E-state index contributed by atoms with van der Waals surface area (Å²) in [5.41, 5.74) is 0.413. The molecule has 1 atom stereocenters. The number of sulfonamides is 1. The number of aliphatic hydroxyl groups is 1. The van der Waals surface area contributed by atoms with Gasteiger partial charge in [-0.25, -0.2) is 13.6 Å². The van der Waals surface area contributed by atoms with Crippen LogP contribution in [0.5, 0.6) is 0 Å². The van der Waals surface area contributed by atoms with E-state index in [9.17, 15) is 8.42 Å². The van der Waals surface area contributed by atoms with Crippen LogP contribution in [0.3, 0.4) is 0 Å². The highest BCUT2D eigenvalue weighted by molar-refractivity contribution is 7.89. The Bertz CT molecular complexity index is 470. The van der Waals surface area contributed by atoms with E-state index >= 15 is 0 Å². The molecule has 0 spiro atoms. The summed E-state index contributed by atoms with van der Waals surface area (Å²) >= 11 is 0. The van der Waals surface area contributed by atoms with Gasteiger partial charge in [-0.2, -0.15) is 0 Å². The number of ether oxygens (including phenoxy) is 1. The molecule has 0 saturated carbocycles. The van der Waals surface area contributed by atoms with Gasteiger partial charge in [0.25, 0.3) is 0 Å². The van der Waals surface area contributed by atoms with Crippen LogP contribution in [0.1, 0.15) is 6.42 Å². The Morgan fingerprint density at radius 3 is 2.67 bits per heavy atom. The van der Waals surface area contributed by atoms with Crippen molar-refractivity contribution in [3.63, 3.8) is 0 Å². The second-order valence-corrected chi connectivity index (χ2v) is 5.38. The molecule has 4 N–H and O–H groups in total. The number of aliphatic hydroxyl groups excluding tert-OH is 1. The first-order valence-corrected chi connectivity index (χ1v) is 7.02. The van der Waals surface area contributed by atoms with Crippen LogP contribution >= 0.6 is 0 Å². The molecule has 0 aliphatic carbocycles. The molecule has 0 heterocycles. The van der Waals surface area contributed by atoms with Crippen LogP contribution in [-0.2, 0) is 14.8 Å². The van der Waals surface area contributed by atoms with Gasteiger partial charge in [-0.3, -0.25) is 0 Å². The second-order valence-electron chi connectivity index (χ2n) is 3.85. The molecule has 0 bridgehead atoms. The second kappa shape index (κ2) is 6.69. The maximum atomic E-state index is 11.4. The summed E-state index contributed by atoms with van der Waals surface area (Å²) in [6, 6.07) is 6.19. The smallest absolute Gasteiger partial charge is 0.240 e. The quantitative estimate of drug-likeness (QED) is 0.656. The molecule has 1 rings (SSSR count). The Kier molecular flexibility index (Phi) is 5.54. The Balaban J connectivity index is 2.95. The van der Waals surface area contributed by atoms with Gasteiger partial charge in [0.15, 0.2) is 0 Å². The zero-order valence-electron chi connectivity index (χ0n) is 10.2. The van der Waals surface area contributed by atoms with Gasteiger partial charge in [0.1, 0.15) is 4.90 Å². The third kappa shape index (κ3) is 4.26. The number of para-hydroxylation sites is 1. The maximum Gasteiger partial charge on any atom is 0.240 e. The average molecular weight is 274 g/mol. The van der Waals surface area contributed by atoms with Crippen molar-refractivity contribution >= 4 is 15.7 Å². The zero-order chi connectivity index (χ0) is 13.6. The Morgan fingerprint density at radius 2 is 2.11 bits per heavy atom. The van der Waals surface area contributed by atoms with Gasteiger partial charge in [-0.1, -0.05) is 12.1 Å². The van der Waals surface area contributed by atoms with Crippen molar-refractivity contribution in [3.05, 3.63) is 24.3 Å². The predicted molar refractivity (Wildman–Crippen MR) is 68.8 cm³/mol. The summed E-state index contributed by atoms with van der Waals surface area (Å²) < 4.78 is 27.8. The first-order chi connectivity index (χ1) is 8.49. The summed E-state index contributed by atoms with van der Waals surface area (Å²) in [6.07, 6.45) is 0.451. The number of nitrogens with one attached hydrogen (secondary N) is 1. The van der Waals surface area contributed by atoms with Gasteiger partial charge in [0.2, 0.25) is 10.0 Å². The van der Waals surface area contributed by atoms with Gasteiger partial charge < -0.3 is 15.2 Å². The van der Waals surface area contributed by atoms with E-state index in [1.54, 1.807) is 18.2 Å². The number of methoxy groups -OCH3 is 1. The molecule has 0 aliphatic heterocycles. The van der Waals surface area contributed by atoms with Gasteiger partial charge >= 0.3 is 0 Å². The summed E-state index contributed by atoms with van der Waals surface area (Å²) in [7, 11) is -2.24. The van der Waals surface area contributed by atoms with Crippen molar-refractivity contribution in [3.8, 4) is 0 Å². The van der Waals surface area contributed by atoms with Gasteiger partial charge in [0.05, 0.1) is 18.3 Å². The zero-order valence-corrected chi connectivity index (χ0v) is 11.0. The van der Waals surface area contributed by atoms with E-state index in [2.05, 4.69) is 5.32 Å². The SMILES string of the molecule is COCC(CCO)Nc1ccccc1S(N)(=O)=O. The molecule has 0 amide bonds. The highest BCUT2D eigenvalue weighted by atomic mass is 32.2. The highest BCUT2D eigenvalue weighted by Crippen LogP contribution is 2.20. The fourth-order valence-electron chi connectivity index (χ4n) is 1.61. The van der Waals surface area contributed by atoms with E-state index in [-0.39, 0.29) is 17.5 Å². The molecular formula is C11H18N2O4S. The molecular weight excluding hydrogens is 256 g/mol. The first kappa shape index (κ1) is 14.9. The van der Waals surface area contributed by atoms with Crippen molar-refractivity contribution in [1.29, 1.82) is 0 Å². The lowest BCUT2D eigenvalue weighted by Gasteiger charge is -2.19. The van der Waals surface area contributed by atoms with Crippen LogP contribution in [0.4, 0.5) is 5.69 Å². The largest absolute Gasteiger partial charge is 0.396 e. The number of primary sulfonamides is 1. The monoisotopic (exact) mass is 274 g/mol. The van der Waals surface area contributed by atoms with Crippen molar-refractivity contribution in [2.45, 2.75) is 17.4 Å². The summed E-state index contributed by atoms with van der Waals surface area (Å²) in [6.45, 7) is 0.345. The fraction of sp³-hybridized carbons (Fsp3) is 0.455. The van der Waals surface area contributed by atoms with Crippen molar-refractivity contribution in [1.82, 2.24) is 0 Å². The Hall–Kier alpha value is -1.15. The molecule has 102 valence electrons. The van der Waals surface area contributed by atoms with Crippen LogP contribution in [-0.4, -0.2) is 39.9 Å². The van der Waals surface area contributed by atoms with Crippen LogP contribution < -0.4 is 10.5 Å². The lowest BCUT2D eigenvalue weighted by atomic mass is 10.2. The van der Waals surface area contributed by atoms with Crippen LogP contribution in [0.25, 0.3) is 0 Å². The Labute approximate surface area is 107 Å². The van der Waals surface area contributed by atoms with Crippen molar-refractivity contribution in [2.75, 3.05) is 25.6 Å². The molecule has 0 aliphatic rings. The van der Waals surface area contributed by atoms with Gasteiger partial charge in [-0.05, 0) is 18.6 Å². The predicted octanol–water partition coefficient (Wildman–Crippen LogP) is 0.143. The molecule has 18 heavy (non-hydrogen) atoms. The lowest BCUT2D eigenvalue weighted by molar-refractivity contribution is 0.170. The maximum absolute atomic E-state index is 11.4. The van der Waals surface area contributed by atoms with Gasteiger partial charge in [-0.15, -0.1) is 0 Å². The normalized spacial score (nSPS) is 13.3. The number of rotatable bonds is 7. The molecule has 6 nitrogen and oxygen atoms in total. The van der Waals surface area contributed by atoms with E-state index in [0.29, 0.717) is 18.7 Å². The topological polar surface area (TPSA) is 102 Å². The number of anilines is 1. The highest BCUT2D eigenvalue weighted by Gasteiger charge is 2.16. The van der Waals surface area contributed by atoms with E-state index in [0.717, 1.165) is 0 Å². The molecule has 1 aromatic carbocycles. The van der Waals surface area contributed by atoms with E-state index < -0.39 is 10.0 Å². The van der Waals surface area contributed by atoms with Gasteiger partial charge in [0, 0.05) is 13.7 Å². The van der Waals surface area contributed by atoms with E-state index in [4.69, 9.17) is 15.0 Å². The van der Waals surface area contributed by atoms with Crippen LogP contribution in [0.15, 0.2) is 29.2 Å². The molecule has 0 radical (unpaired) electrons. The van der Waals surface area contributed by atoms with E-state index in [1.165, 1.54) is 13.2 Å². The molecule has 1 aromatic rings. The summed E-state index contributed by atoms with van der Waals surface area (Å²) in [5, 5.41) is 17.1. The van der Waals surface area contributed by atoms with Crippen LogP contribution in [0.2, 0.25) is 0 Å². The minimum Gasteiger partial charge on any atom is -0.396 e. The minimum absolute atomic E-state index is 0.0153. The number of hydrogen-bond donors (Lipinski definition) is 3. The molecule has 7 heteroatoms. The minimum atomic E-state index is -3.77. The molecule has 1 unspecified atom stereocenters. The fourth-order valence-corrected chi connectivity index (χ4v) is 2.31. The average Bonchev–Trinajstić information content (AvgIpc) is 2.29. The molecule has 0 fully saturated rings. The van der Waals surface area contributed by atoms with Crippen LogP contribution in [0, 0.1) is 0 Å². The number of hydrogen-bond acceptors (Lipinski definition) is 5. The number of benzene rings is 1. The molecule has 0 aromatic heterocycles. The summed E-state index contributed by atoms with van der Waals surface area (Å²) in [4.78, 5) is 0.0315. The lowest BCUT2D eigenvalue weighted by Crippen LogP contribution is -2.27. The van der Waals surface area contributed by atoms with E-state index in [1.807, 2.05) is 0 Å². The van der Waals surface area contributed by atoms with Crippen molar-refractivity contribution < 1.29 is 18.3 Å². The first-order valence-electron chi connectivity index (χ1n) is 5.47. The number of nitrogens with two attached hydrogens (primary N) is 1. The molecule has 0 saturated heterocycles.